The molecule has 0 amide bonds. The highest BCUT2D eigenvalue weighted by atomic mass is 16.7. The molecule has 8 heteroatoms. The van der Waals surface area contributed by atoms with Gasteiger partial charge in [-0.25, -0.2) is 0 Å². The molecule has 0 bridgehead atoms. The molecule has 8 nitrogen and oxygen atoms in total. The molecule has 96 valence electrons. The van der Waals surface area contributed by atoms with Gasteiger partial charge < -0.3 is 9.47 Å². The van der Waals surface area contributed by atoms with Crippen LogP contribution >= 0.6 is 0 Å². The maximum atomic E-state index is 10.8. The van der Waals surface area contributed by atoms with Crippen LogP contribution in [-0.2, 0) is 9.47 Å². The summed E-state index contributed by atoms with van der Waals surface area (Å²) >= 11 is 0. The lowest BCUT2D eigenvalue weighted by Crippen LogP contribution is -2.57. The molecule has 1 aliphatic rings. The van der Waals surface area contributed by atoms with E-state index in [1.165, 1.54) is 0 Å². The predicted molar refractivity (Wildman–Crippen MR) is 57.8 cm³/mol. The smallest absolute Gasteiger partial charge is 0.333 e. The van der Waals surface area contributed by atoms with Crippen molar-refractivity contribution in [2.24, 2.45) is 0 Å². The largest absolute Gasteiger partial charge is 0.503 e. The summed E-state index contributed by atoms with van der Waals surface area (Å²) in [6.07, 6.45) is -0.806. The molecule has 1 aromatic carbocycles. The Morgan fingerprint density at radius 1 is 1.06 bits per heavy atom. The molecule has 1 saturated heterocycles. The van der Waals surface area contributed by atoms with E-state index in [4.69, 9.17) is 9.47 Å². The van der Waals surface area contributed by atoms with Crippen LogP contribution < -0.4 is 0 Å². The van der Waals surface area contributed by atoms with E-state index in [0.29, 0.717) is 5.56 Å². The lowest BCUT2D eigenvalue weighted by atomic mass is 10.1. The van der Waals surface area contributed by atoms with E-state index in [1.54, 1.807) is 30.3 Å². The highest BCUT2D eigenvalue weighted by molar-refractivity contribution is 5.16. The maximum Gasteiger partial charge on any atom is 0.503 e. The van der Waals surface area contributed by atoms with Crippen molar-refractivity contribution in [2.75, 3.05) is 13.2 Å². The van der Waals surface area contributed by atoms with Gasteiger partial charge in [0.15, 0.2) is 19.5 Å². The van der Waals surface area contributed by atoms with Gasteiger partial charge in [0.05, 0.1) is 0 Å². The fraction of sp³-hybridized carbons (Fsp3) is 0.400. The van der Waals surface area contributed by atoms with Crippen molar-refractivity contribution in [1.82, 2.24) is 0 Å². The molecule has 0 spiro atoms. The normalized spacial score (nSPS) is 19.3. The molecule has 0 aliphatic carbocycles. The van der Waals surface area contributed by atoms with Crippen molar-refractivity contribution >= 4 is 0 Å². The van der Waals surface area contributed by atoms with E-state index in [-0.39, 0.29) is 0 Å². The Balaban J connectivity index is 2.12. The van der Waals surface area contributed by atoms with Crippen molar-refractivity contribution in [3.63, 3.8) is 0 Å². The van der Waals surface area contributed by atoms with Crippen LogP contribution in [0.15, 0.2) is 30.3 Å². The molecule has 0 saturated carbocycles. The Morgan fingerprint density at radius 3 is 2.00 bits per heavy atom. The number of hydrogen-bond acceptors (Lipinski definition) is 6. The van der Waals surface area contributed by atoms with E-state index in [9.17, 15) is 20.2 Å². The first kappa shape index (κ1) is 12.4. The van der Waals surface area contributed by atoms with Gasteiger partial charge in [-0.05, 0) is 0 Å². The van der Waals surface area contributed by atoms with E-state index >= 15 is 0 Å². The summed E-state index contributed by atoms with van der Waals surface area (Å²) in [5.74, 6) is 0. The van der Waals surface area contributed by atoms with Crippen LogP contribution in [0.3, 0.4) is 0 Å². The fourth-order valence-electron chi connectivity index (χ4n) is 1.59. The quantitative estimate of drug-likeness (QED) is 0.452. The molecule has 0 radical (unpaired) electrons. The van der Waals surface area contributed by atoms with Crippen molar-refractivity contribution in [3.05, 3.63) is 56.1 Å². The molecule has 0 unspecified atom stereocenters. The number of benzene rings is 1. The van der Waals surface area contributed by atoms with Gasteiger partial charge in [0.2, 0.25) is 0 Å². The van der Waals surface area contributed by atoms with Crippen LogP contribution in [0, 0.1) is 20.2 Å². The number of nitrogens with zero attached hydrogens (tertiary/aromatic N) is 2. The zero-order valence-electron chi connectivity index (χ0n) is 9.22. The minimum Gasteiger partial charge on any atom is -0.333 e. The second kappa shape index (κ2) is 4.67. The van der Waals surface area contributed by atoms with Crippen LogP contribution in [0.4, 0.5) is 0 Å². The van der Waals surface area contributed by atoms with Crippen LogP contribution in [0.25, 0.3) is 0 Å². The van der Waals surface area contributed by atoms with Crippen LogP contribution in [0.5, 0.6) is 0 Å². The topological polar surface area (TPSA) is 105 Å². The lowest BCUT2D eigenvalue weighted by molar-refractivity contribution is -0.808. The summed E-state index contributed by atoms with van der Waals surface area (Å²) in [6, 6.07) is 8.74. The molecular weight excluding hydrogens is 244 g/mol. The number of ether oxygens (including phenoxy) is 2. The summed E-state index contributed by atoms with van der Waals surface area (Å²) in [5, 5.41) is 21.5. The zero-order chi connectivity index (χ0) is 13.2. The van der Waals surface area contributed by atoms with Crippen LogP contribution in [-0.4, -0.2) is 28.7 Å². The minimum absolute atomic E-state index is 0.618. The number of nitro groups is 2. The highest BCUT2D eigenvalue weighted by Crippen LogP contribution is 2.28. The average molecular weight is 254 g/mol. The molecule has 18 heavy (non-hydrogen) atoms. The third-order valence-corrected chi connectivity index (χ3v) is 2.68. The Bertz CT molecular complexity index is 439. The van der Waals surface area contributed by atoms with Crippen LogP contribution in [0.1, 0.15) is 11.9 Å². The van der Waals surface area contributed by atoms with Crippen molar-refractivity contribution in [2.45, 2.75) is 12.0 Å². The van der Waals surface area contributed by atoms with Gasteiger partial charge in [-0.2, -0.15) is 0 Å². The number of rotatable bonds is 3. The minimum atomic E-state index is -2.41. The second-order valence-corrected chi connectivity index (χ2v) is 3.86. The SMILES string of the molecule is O=[N+]([O-])C1([N+](=O)[O-])COC(c2ccccc2)OC1. The summed E-state index contributed by atoms with van der Waals surface area (Å²) in [4.78, 5) is 19.6. The van der Waals surface area contributed by atoms with Gasteiger partial charge in [0.25, 0.3) is 0 Å². The van der Waals surface area contributed by atoms with Gasteiger partial charge in [-0.15, -0.1) is 0 Å². The molecule has 1 heterocycles. The van der Waals surface area contributed by atoms with E-state index < -0.39 is 35.0 Å². The molecule has 0 N–H and O–H groups in total. The summed E-state index contributed by atoms with van der Waals surface area (Å²) in [6.45, 7) is -1.24. The van der Waals surface area contributed by atoms with Crippen molar-refractivity contribution < 1.29 is 19.3 Å². The Kier molecular flexibility index (Phi) is 3.21. The highest BCUT2D eigenvalue weighted by Gasteiger charge is 2.60. The first-order chi connectivity index (χ1) is 8.56. The first-order valence-electron chi connectivity index (χ1n) is 5.13. The molecule has 0 aromatic heterocycles. The van der Waals surface area contributed by atoms with E-state index in [2.05, 4.69) is 0 Å². The van der Waals surface area contributed by atoms with Gasteiger partial charge in [0.1, 0.15) is 9.85 Å². The summed E-state index contributed by atoms with van der Waals surface area (Å²) in [5.41, 5.74) is -1.75. The zero-order valence-corrected chi connectivity index (χ0v) is 9.22. The lowest BCUT2D eigenvalue weighted by Gasteiger charge is -2.28. The second-order valence-electron chi connectivity index (χ2n) is 3.86. The standard InChI is InChI=1S/C10H10N2O6/c13-11(14)10(12(15)16)6-17-9(18-7-10)8-4-2-1-3-5-8/h1-5,9H,6-7H2. The molecule has 2 rings (SSSR count). The van der Waals surface area contributed by atoms with Gasteiger partial charge in [0, 0.05) is 5.56 Å². The summed E-state index contributed by atoms with van der Waals surface area (Å²) < 4.78 is 10.2. The third-order valence-electron chi connectivity index (χ3n) is 2.68. The van der Waals surface area contributed by atoms with Gasteiger partial charge >= 0.3 is 5.66 Å². The molecule has 0 atom stereocenters. The Morgan fingerprint density at radius 2 is 1.56 bits per heavy atom. The van der Waals surface area contributed by atoms with Gasteiger partial charge in [-0.3, -0.25) is 20.2 Å². The van der Waals surface area contributed by atoms with E-state index in [1.807, 2.05) is 0 Å². The average Bonchev–Trinajstić information content (AvgIpc) is 2.39. The Labute approximate surface area is 101 Å². The van der Waals surface area contributed by atoms with E-state index in [0.717, 1.165) is 0 Å². The molecule has 1 aliphatic heterocycles. The van der Waals surface area contributed by atoms with Crippen molar-refractivity contribution in [1.29, 1.82) is 0 Å². The molecule has 1 aromatic rings. The first-order valence-corrected chi connectivity index (χ1v) is 5.13. The van der Waals surface area contributed by atoms with Crippen LogP contribution in [0.2, 0.25) is 0 Å². The predicted octanol–water partition coefficient (Wildman–Crippen LogP) is 0.982. The third kappa shape index (κ3) is 2.03. The molecule has 1 fully saturated rings. The van der Waals surface area contributed by atoms with Gasteiger partial charge in [-0.1, -0.05) is 30.3 Å². The molecular formula is C10H10N2O6. The number of hydrogen-bond donors (Lipinski definition) is 0. The van der Waals surface area contributed by atoms with Crippen molar-refractivity contribution in [3.8, 4) is 0 Å². The summed E-state index contributed by atoms with van der Waals surface area (Å²) in [7, 11) is 0. The monoisotopic (exact) mass is 254 g/mol. The Hall–Kier alpha value is -2.06. The maximum absolute atomic E-state index is 10.8. The fourth-order valence-corrected chi connectivity index (χ4v) is 1.59.